The highest BCUT2D eigenvalue weighted by Gasteiger charge is 2.28. The molecule has 0 aromatic carbocycles. The molecule has 0 spiro atoms. The standard InChI is InChI=1S/C10H21NO/c1-8(2)7-11(3)9-5-4-6-10(9)12/h8-10,12H,4-7H2,1-3H3/t9-,10-/m1/s1/i3D3. The molecule has 0 saturated heterocycles. The molecule has 1 N–H and O–H groups in total. The van der Waals surface area contributed by atoms with Crippen LogP contribution < -0.4 is 0 Å². The molecule has 0 unspecified atom stereocenters. The number of aliphatic hydroxyl groups is 1. The van der Waals surface area contributed by atoms with E-state index in [1.807, 2.05) is 13.8 Å². The van der Waals surface area contributed by atoms with Gasteiger partial charge in [0, 0.05) is 16.7 Å². The van der Waals surface area contributed by atoms with E-state index in [0.717, 1.165) is 19.3 Å². The molecule has 1 saturated carbocycles. The number of hydrogen-bond acceptors (Lipinski definition) is 2. The average Bonchev–Trinajstić information content (AvgIpc) is 2.45. The van der Waals surface area contributed by atoms with E-state index in [9.17, 15) is 5.11 Å². The third-order valence-corrected chi connectivity index (χ3v) is 2.41. The second kappa shape index (κ2) is 4.24. The molecule has 0 aliphatic heterocycles. The molecule has 0 bridgehead atoms. The van der Waals surface area contributed by atoms with Gasteiger partial charge in [0.2, 0.25) is 0 Å². The van der Waals surface area contributed by atoms with Gasteiger partial charge in [-0.3, -0.25) is 0 Å². The first-order valence-corrected chi connectivity index (χ1v) is 4.77. The zero-order chi connectivity index (χ0) is 11.6. The van der Waals surface area contributed by atoms with E-state index in [1.54, 1.807) is 0 Å². The molecule has 0 amide bonds. The summed E-state index contributed by atoms with van der Waals surface area (Å²) >= 11 is 0. The molecule has 2 nitrogen and oxygen atoms in total. The van der Waals surface area contributed by atoms with E-state index >= 15 is 0 Å². The van der Waals surface area contributed by atoms with E-state index in [0.29, 0.717) is 12.5 Å². The normalized spacial score (nSPS) is 35.2. The van der Waals surface area contributed by atoms with Gasteiger partial charge in [-0.25, -0.2) is 0 Å². The van der Waals surface area contributed by atoms with Crippen LogP contribution in [0.15, 0.2) is 0 Å². The van der Waals surface area contributed by atoms with Gasteiger partial charge in [-0.15, -0.1) is 0 Å². The largest absolute Gasteiger partial charge is 0.391 e. The van der Waals surface area contributed by atoms with E-state index in [4.69, 9.17) is 4.11 Å². The van der Waals surface area contributed by atoms with Gasteiger partial charge in [-0.2, -0.15) is 0 Å². The van der Waals surface area contributed by atoms with Gasteiger partial charge in [0.1, 0.15) is 0 Å². The number of hydrogen-bond donors (Lipinski definition) is 1. The maximum Gasteiger partial charge on any atom is 0.0695 e. The average molecular weight is 174 g/mol. The fraction of sp³-hybridized carbons (Fsp3) is 1.00. The minimum absolute atomic E-state index is 0.181. The van der Waals surface area contributed by atoms with Crippen LogP contribution in [0.3, 0.4) is 0 Å². The summed E-state index contributed by atoms with van der Waals surface area (Å²) in [6.45, 7) is 2.44. The van der Waals surface area contributed by atoms with Gasteiger partial charge >= 0.3 is 0 Å². The van der Waals surface area contributed by atoms with Crippen LogP contribution in [0.4, 0.5) is 0 Å². The highest BCUT2D eigenvalue weighted by Crippen LogP contribution is 2.23. The molecule has 0 radical (unpaired) electrons. The number of rotatable bonds is 3. The summed E-state index contributed by atoms with van der Waals surface area (Å²) in [5.41, 5.74) is 0. The van der Waals surface area contributed by atoms with E-state index in [1.165, 1.54) is 4.90 Å². The quantitative estimate of drug-likeness (QED) is 0.700. The monoisotopic (exact) mass is 174 g/mol. The number of aliphatic hydroxyl groups excluding tert-OH is 1. The Morgan fingerprint density at radius 2 is 2.33 bits per heavy atom. The Bertz CT molecular complexity index is 205. The molecule has 0 heterocycles. The lowest BCUT2D eigenvalue weighted by Gasteiger charge is -2.28. The lowest BCUT2D eigenvalue weighted by molar-refractivity contribution is 0.0801. The first-order chi connectivity index (χ1) is 6.82. The molecule has 72 valence electrons. The summed E-state index contributed by atoms with van der Waals surface area (Å²) in [7, 11) is 0. The molecular weight excluding hydrogens is 150 g/mol. The Labute approximate surface area is 79.8 Å². The van der Waals surface area contributed by atoms with Crippen molar-refractivity contribution < 1.29 is 9.22 Å². The molecule has 2 atom stereocenters. The lowest BCUT2D eigenvalue weighted by Crippen LogP contribution is -2.39. The molecule has 12 heavy (non-hydrogen) atoms. The minimum Gasteiger partial charge on any atom is -0.391 e. The van der Waals surface area contributed by atoms with Crippen LogP contribution >= 0.6 is 0 Å². The predicted octanol–water partition coefficient (Wildman–Crippen LogP) is 1.49. The molecule has 0 aromatic rings. The lowest BCUT2D eigenvalue weighted by atomic mass is 10.1. The van der Waals surface area contributed by atoms with Gasteiger partial charge in [-0.05, 0) is 32.2 Å². The van der Waals surface area contributed by atoms with Crippen molar-refractivity contribution >= 4 is 0 Å². The van der Waals surface area contributed by atoms with Gasteiger partial charge in [0.15, 0.2) is 0 Å². The van der Waals surface area contributed by atoms with Crippen molar-refractivity contribution in [2.75, 3.05) is 13.5 Å². The number of likely N-dealkylation sites (N-methyl/N-ethyl adjacent to an activating group) is 1. The van der Waals surface area contributed by atoms with Crippen molar-refractivity contribution in [1.29, 1.82) is 0 Å². The highest BCUT2D eigenvalue weighted by atomic mass is 16.3. The Hall–Kier alpha value is -0.0800. The second-order valence-corrected chi connectivity index (χ2v) is 4.11. The Morgan fingerprint density at radius 3 is 2.75 bits per heavy atom. The first-order valence-electron chi connectivity index (χ1n) is 6.27. The summed E-state index contributed by atoms with van der Waals surface area (Å²) in [6.07, 6.45) is 1.99. The van der Waals surface area contributed by atoms with Crippen molar-refractivity contribution in [2.24, 2.45) is 5.92 Å². The molecule has 1 fully saturated rings. The molecule has 1 aliphatic rings. The third kappa shape index (κ3) is 2.46. The van der Waals surface area contributed by atoms with E-state index in [-0.39, 0.29) is 6.04 Å². The summed E-state index contributed by atoms with van der Waals surface area (Å²) in [5, 5.41) is 9.74. The predicted molar refractivity (Wildman–Crippen MR) is 51.1 cm³/mol. The van der Waals surface area contributed by atoms with Gasteiger partial charge in [0.05, 0.1) is 6.10 Å². The van der Waals surface area contributed by atoms with E-state index in [2.05, 4.69) is 0 Å². The zero-order valence-electron chi connectivity index (χ0n) is 11.0. The molecule has 1 aliphatic carbocycles. The topological polar surface area (TPSA) is 23.5 Å². The van der Waals surface area contributed by atoms with Crippen LogP contribution in [-0.4, -0.2) is 35.7 Å². The maximum absolute atomic E-state index is 9.74. The second-order valence-electron chi connectivity index (χ2n) is 4.11. The summed E-state index contributed by atoms with van der Waals surface area (Å²) in [5.74, 6) is 0.304. The van der Waals surface area contributed by atoms with E-state index < -0.39 is 13.1 Å². The van der Waals surface area contributed by atoms with Gasteiger partial charge in [0.25, 0.3) is 0 Å². The van der Waals surface area contributed by atoms with Crippen molar-refractivity contribution in [2.45, 2.75) is 45.3 Å². The van der Waals surface area contributed by atoms with Crippen LogP contribution in [0.1, 0.15) is 37.2 Å². The SMILES string of the molecule is [2H]C([2H])([2H])N(CC(C)C)[C@@H]1CCC[C@H]1O. The van der Waals surface area contributed by atoms with Crippen molar-refractivity contribution in [3.63, 3.8) is 0 Å². The molecule has 0 aromatic heterocycles. The first kappa shape index (κ1) is 6.39. The summed E-state index contributed by atoms with van der Waals surface area (Å²) in [6, 6.07) is -0.181. The highest BCUT2D eigenvalue weighted by molar-refractivity contribution is 4.83. The molecule has 2 heteroatoms. The summed E-state index contributed by atoms with van der Waals surface area (Å²) < 4.78 is 22.5. The smallest absolute Gasteiger partial charge is 0.0695 e. The Kier molecular flexibility index (Phi) is 2.26. The van der Waals surface area contributed by atoms with Crippen LogP contribution in [0.2, 0.25) is 0 Å². The Morgan fingerprint density at radius 1 is 1.58 bits per heavy atom. The zero-order valence-corrected chi connectivity index (χ0v) is 7.95. The van der Waals surface area contributed by atoms with Crippen LogP contribution in [0, 0.1) is 5.92 Å². The van der Waals surface area contributed by atoms with Gasteiger partial charge < -0.3 is 10.0 Å². The third-order valence-electron chi connectivity index (χ3n) is 2.41. The van der Waals surface area contributed by atoms with Crippen molar-refractivity contribution in [1.82, 2.24) is 4.90 Å². The van der Waals surface area contributed by atoms with Crippen LogP contribution in [0.25, 0.3) is 0 Å². The Balaban J connectivity index is 2.71. The number of nitrogens with zero attached hydrogens (tertiary/aromatic N) is 1. The fourth-order valence-corrected chi connectivity index (χ4v) is 1.81. The van der Waals surface area contributed by atoms with Crippen LogP contribution in [0.5, 0.6) is 0 Å². The molecular formula is C10H21NO. The van der Waals surface area contributed by atoms with Crippen molar-refractivity contribution in [3.05, 3.63) is 0 Å². The van der Waals surface area contributed by atoms with Gasteiger partial charge in [-0.1, -0.05) is 13.8 Å². The summed E-state index contributed by atoms with van der Waals surface area (Å²) in [4.78, 5) is 1.50. The van der Waals surface area contributed by atoms with Crippen molar-refractivity contribution in [3.8, 4) is 0 Å². The van der Waals surface area contributed by atoms with Crippen LogP contribution in [-0.2, 0) is 0 Å². The molecule has 1 rings (SSSR count). The maximum atomic E-state index is 9.74. The minimum atomic E-state index is -2.08. The fourth-order valence-electron chi connectivity index (χ4n) is 1.81.